The summed E-state index contributed by atoms with van der Waals surface area (Å²) >= 11 is 0. The van der Waals surface area contributed by atoms with Crippen LogP contribution in [0.25, 0.3) is 0 Å². The van der Waals surface area contributed by atoms with Crippen molar-refractivity contribution in [2.75, 3.05) is 5.43 Å². The van der Waals surface area contributed by atoms with Gasteiger partial charge in [0.25, 0.3) is 5.91 Å². The van der Waals surface area contributed by atoms with Crippen molar-refractivity contribution < 1.29 is 18.0 Å². The Morgan fingerprint density at radius 2 is 1.65 bits per heavy atom. The quantitative estimate of drug-likeness (QED) is 0.845. The molecule has 6 heteroatoms. The smallest absolute Gasteiger partial charge is 0.298 e. The maximum absolute atomic E-state index is 12.5. The predicted molar refractivity (Wildman–Crippen MR) is 69.0 cm³/mol. The van der Waals surface area contributed by atoms with Crippen LogP contribution >= 0.6 is 0 Å². The van der Waals surface area contributed by atoms with E-state index in [1.165, 1.54) is 12.1 Å². The van der Waals surface area contributed by atoms with Gasteiger partial charge in [0.1, 0.15) is 0 Å². The van der Waals surface area contributed by atoms with Gasteiger partial charge < -0.3 is 0 Å². The molecule has 0 bridgehead atoms. The lowest BCUT2D eigenvalue weighted by Gasteiger charge is -2.11. The molecule has 20 heavy (non-hydrogen) atoms. The molecule has 0 heterocycles. The Morgan fingerprint density at radius 1 is 0.950 bits per heavy atom. The van der Waals surface area contributed by atoms with E-state index in [1.54, 1.807) is 30.3 Å². The number of carbonyl (C=O) groups excluding carboxylic acids is 1. The molecule has 3 nitrogen and oxygen atoms in total. The summed E-state index contributed by atoms with van der Waals surface area (Å²) < 4.78 is 37.5. The lowest BCUT2D eigenvalue weighted by Crippen LogP contribution is -2.29. The highest BCUT2D eigenvalue weighted by atomic mass is 19.4. The molecule has 0 aliphatic rings. The monoisotopic (exact) mass is 280 g/mol. The van der Waals surface area contributed by atoms with Crippen LogP contribution in [-0.4, -0.2) is 5.91 Å². The zero-order valence-corrected chi connectivity index (χ0v) is 10.2. The minimum absolute atomic E-state index is 0.157. The third kappa shape index (κ3) is 3.50. The topological polar surface area (TPSA) is 41.1 Å². The van der Waals surface area contributed by atoms with Crippen molar-refractivity contribution in [3.8, 4) is 0 Å². The fraction of sp³-hybridized carbons (Fsp3) is 0.0714. The van der Waals surface area contributed by atoms with Crippen LogP contribution < -0.4 is 10.9 Å². The van der Waals surface area contributed by atoms with Crippen LogP contribution in [0.1, 0.15) is 15.9 Å². The summed E-state index contributed by atoms with van der Waals surface area (Å²) in [4.78, 5) is 11.7. The van der Waals surface area contributed by atoms with Crippen LogP contribution in [-0.2, 0) is 6.18 Å². The van der Waals surface area contributed by atoms with Crippen molar-refractivity contribution in [3.05, 3.63) is 65.7 Å². The first-order valence-corrected chi connectivity index (χ1v) is 5.75. The normalized spacial score (nSPS) is 10.9. The lowest BCUT2D eigenvalue weighted by atomic mass is 10.2. The number of rotatable bonds is 3. The number of benzene rings is 2. The summed E-state index contributed by atoms with van der Waals surface area (Å²) in [6, 6.07) is 12.9. The molecule has 2 aromatic carbocycles. The number of anilines is 1. The molecule has 104 valence electrons. The first-order chi connectivity index (χ1) is 9.47. The summed E-state index contributed by atoms with van der Waals surface area (Å²) in [7, 11) is 0. The van der Waals surface area contributed by atoms with E-state index in [2.05, 4.69) is 10.9 Å². The molecule has 0 radical (unpaired) electrons. The number of hydrogen-bond acceptors (Lipinski definition) is 2. The molecule has 0 saturated heterocycles. The molecule has 1 amide bonds. The predicted octanol–water partition coefficient (Wildman–Crippen LogP) is 3.46. The third-order valence-corrected chi connectivity index (χ3v) is 2.55. The second-order valence-electron chi connectivity index (χ2n) is 4.02. The molecule has 0 atom stereocenters. The van der Waals surface area contributed by atoms with Crippen molar-refractivity contribution >= 4 is 11.6 Å². The average Bonchev–Trinajstić information content (AvgIpc) is 2.45. The molecule has 0 aliphatic heterocycles. The molecule has 0 unspecified atom stereocenters. The van der Waals surface area contributed by atoms with Gasteiger partial charge in [0.15, 0.2) is 0 Å². The Balaban J connectivity index is 2.03. The lowest BCUT2D eigenvalue weighted by molar-refractivity contribution is -0.137. The Bertz CT molecular complexity index is 597. The molecule has 0 aromatic heterocycles. The minimum Gasteiger partial charge on any atom is -0.298 e. The maximum atomic E-state index is 12.5. The average molecular weight is 280 g/mol. The van der Waals surface area contributed by atoms with E-state index in [0.29, 0.717) is 5.56 Å². The van der Waals surface area contributed by atoms with E-state index >= 15 is 0 Å². The summed E-state index contributed by atoms with van der Waals surface area (Å²) in [5.74, 6) is -0.428. The molecule has 2 rings (SSSR count). The van der Waals surface area contributed by atoms with Crippen molar-refractivity contribution in [2.45, 2.75) is 6.18 Å². The van der Waals surface area contributed by atoms with Crippen LogP contribution in [0.4, 0.5) is 18.9 Å². The Kier molecular flexibility index (Phi) is 3.93. The number of hydrogen-bond donors (Lipinski definition) is 2. The number of halogens is 3. The molecule has 0 aliphatic carbocycles. The highest BCUT2D eigenvalue weighted by Crippen LogP contribution is 2.30. The molecule has 2 N–H and O–H groups in total. The fourth-order valence-corrected chi connectivity index (χ4v) is 1.56. The van der Waals surface area contributed by atoms with Gasteiger partial charge >= 0.3 is 6.18 Å². The summed E-state index contributed by atoms with van der Waals surface area (Å²) in [6.45, 7) is 0. The van der Waals surface area contributed by atoms with E-state index in [4.69, 9.17) is 0 Å². The third-order valence-electron chi connectivity index (χ3n) is 2.55. The highest BCUT2D eigenvalue weighted by molar-refractivity contribution is 5.94. The van der Waals surface area contributed by atoms with Gasteiger partial charge in [-0.3, -0.25) is 15.6 Å². The number of alkyl halides is 3. The number of amides is 1. The summed E-state index contributed by atoms with van der Waals surface area (Å²) in [5.41, 5.74) is 4.58. The summed E-state index contributed by atoms with van der Waals surface area (Å²) in [5, 5.41) is 0. The molecule has 0 spiro atoms. The first kappa shape index (κ1) is 13.9. The van der Waals surface area contributed by atoms with Crippen LogP contribution in [0, 0.1) is 0 Å². The van der Waals surface area contributed by atoms with E-state index in [-0.39, 0.29) is 5.69 Å². The number of nitrogens with one attached hydrogen (secondary N) is 2. The number of carbonyl (C=O) groups is 1. The van der Waals surface area contributed by atoms with Gasteiger partial charge in [-0.05, 0) is 30.3 Å². The van der Waals surface area contributed by atoms with Crippen LogP contribution in [0.15, 0.2) is 54.6 Å². The summed E-state index contributed by atoms with van der Waals surface area (Å²) in [6.07, 6.45) is -4.42. The van der Waals surface area contributed by atoms with Crippen molar-refractivity contribution in [1.29, 1.82) is 0 Å². The van der Waals surface area contributed by atoms with Gasteiger partial charge in [0.05, 0.1) is 11.3 Å². The minimum atomic E-state index is -4.42. The molecular formula is C14H11F3N2O. The zero-order valence-electron chi connectivity index (χ0n) is 10.2. The maximum Gasteiger partial charge on any atom is 0.416 e. The molecular weight excluding hydrogens is 269 g/mol. The van der Waals surface area contributed by atoms with Gasteiger partial charge in [-0.2, -0.15) is 13.2 Å². The van der Waals surface area contributed by atoms with Gasteiger partial charge in [0, 0.05) is 5.56 Å². The van der Waals surface area contributed by atoms with E-state index in [0.717, 1.165) is 12.1 Å². The largest absolute Gasteiger partial charge is 0.416 e. The second kappa shape index (κ2) is 5.64. The van der Waals surface area contributed by atoms with Gasteiger partial charge in [-0.1, -0.05) is 24.3 Å². The van der Waals surface area contributed by atoms with E-state index < -0.39 is 17.6 Å². The Hall–Kier alpha value is -2.50. The first-order valence-electron chi connectivity index (χ1n) is 5.75. The fourth-order valence-electron chi connectivity index (χ4n) is 1.56. The van der Waals surface area contributed by atoms with Crippen LogP contribution in [0.2, 0.25) is 0 Å². The van der Waals surface area contributed by atoms with Gasteiger partial charge in [0.2, 0.25) is 0 Å². The highest BCUT2D eigenvalue weighted by Gasteiger charge is 2.30. The second-order valence-corrected chi connectivity index (χ2v) is 4.02. The van der Waals surface area contributed by atoms with Crippen LogP contribution in [0.5, 0.6) is 0 Å². The molecule has 2 aromatic rings. The van der Waals surface area contributed by atoms with Crippen LogP contribution in [0.3, 0.4) is 0 Å². The van der Waals surface area contributed by atoms with Crippen molar-refractivity contribution in [3.63, 3.8) is 0 Å². The molecule has 0 fully saturated rings. The SMILES string of the molecule is O=C(NNc1cccc(C(F)(F)F)c1)c1ccccc1. The van der Waals surface area contributed by atoms with Crippen molar-refractivity contribution in [1.82, 2.24) is 5.43 Å². The zero-order chi connectivity index (χ0) is 14.6. The van der Waals surface area contributed by atoms with Gasteiger partial charge in [-0.15, -0.1) is 0 Å². The Morgan fingerprint density at radius 3 is 2.30 bits per heavy atom. The van der Waals surface area contributed by atoms with E-state index in [9.17, 15) is 18.0 Å². The molecule has 0 saturated carbocycles. The number of hydrazine groups is 1. The Labute approximate surface area is 113 Å². The van der Waals surface area contributed by atoms with Gasteiger partial charge in [-0.25, -0.2) is 0 Å². The standard InChI is InChI=1S/C14H11F3N2O/c15-14(16,17)11-7-4-8-12(9-11)18-19-13(20)10-5-2-1-3-6-10/h1-9,18H,(H,19,20). The van der Waals surface area contributed by atoms with E-state index in [1.807, 2.05) is 0 Å². The van der Waals surface area contributed by atoms with Crippen molar-refractivity contribution in [2.24, 2.45) is 0 Å².